The Morgan fingerprint density at radius 2 is 0.857 bits per heavy atom. The van der Waals surface area contributed by atoms with Crippen molar-refractivity contribution in [2.24, 2.45) is 0 Å². The third kappa shape index (κ3) is 5.02. The zero-order valence-electron chi connectivity index (χ0n) is 17.2. The summed E-state index contributed by atoms with van der Waals surface area (Å²) in [5.74, 6) is 0.412. The molecule has 2 rings (SSSR count). The zero-order valence-corrected chi connectivity index (χ0v) is 17.2. The Labute approximate surface area is 166 Å². The van der Waals surface area contributed by atoms with E-state index >= 15 is 0 Å². The molecule has 154 valence electrons. The first-order valence-corrected chi connectivity index (χ1v) is 9.11. The summed E-state index contributed by atoms with van der Waals surface area (Å²) in [5.41, 5.74) is 4.90. The number of ether oxygens (including phenoxy) is 4. The molecule has 0 aliphatic carbocycles. The third-order valence-electron chi connectivity index (χ3n) is 4.78. The molecule has 0 aliphatic rings. The van der Waals surface area contributed by atoms with Crippen LogP contribution in [0.2, 0.25) is 0 Å². The van der Waals surface area contributed by atoms with Crippen molar-refractivity contribution in [2.75, 3.05) is 28.4 Å². The minimum atomic E-state index is 0.0126. The Bertz CT molecular complexity index is 667. The monoisotopic (exact) mass is 390 g/mol. The molecule has 2 N–H and O–H groups in total. The van der Waals surface area contributed by atoms with Crippen LogP contribution in [0.1, 0.15) is 46.2 Å². The van der Waals surface area contributed by atoms with Gasteiger partial charge >= 0.3 is 0 Å². The number of hydrogen-bond acceptors (Lipinski definition) is 6. The molecule has 6 nitrogen and oxygen atoms in total. The maximum absolute atomic E-state index is 10.5. The molecule has 0 fully saturated rings. The molecule has 6 heteroatoms. The van der Waals surface area contributed by atoms with Gasteiger partial charge in [0.1, 0.15) is 11.5 Å². The molecular formula is C22H30O6. The lowest BCUT2D eigenvalue weighted by Crippen LogP contribution is -2.04. The second-order valence-corrected chi connectivity index (χ2v) is 6.83. The first-order valence-electron chi connectivity index (χ1n) is 9.11. The number of phenolic OH excluding ortho intramolecular Hbond substituents is 2. The highest BCUT2D eigenvalue weighted by Crippen LogP contribution is 2.35. The largest absolute Gasteiger partial charge is 0.507 e. The van der Waals surface area contributed by atoms with Gasteiger partial charge in [0, 0.05) is 56.6 Å². The summed E-state index contributed by atoms with van der Waals surface area (Å²) in [6.07, 6.45) is 0. The van der Waals surface area contributed by atoms with Crippen LogP contribution in [0.15, 0.2) is 24.3 Å². The smallest absolute Gasteiger partial charge is 0.126 e. The van der Waals surface area contributed by atoms with Crippen LogP contribution in [-0.4, -0.2) is 38.7 Å². The highest BCUT2D eigenvalue weighted by molar-refractivity contribution is 5.49. The molecular weight excluding hydrogens is 360 g/mol. The third-order valence-corrected chi connectivity index (χ3v) is 4.78. The van der Waals surface area contributed by atoms with E-state index in [9.17, 15) is 10.2 Å². The van der Waals surface area contributed by atoms with Gasteiger partial charge in [-0.25, -0.2) is 0 Å². The van der Waals surface area contributed by atoms with Crippen LogP contribution in [0, 0.1) is 0 Å². The fraction of sp³-hybridized carbons (Fsp3) is 0.455. The molecule has 0 radical (unpaired) electrons. The first-order chi connectivity index (χ1) is 13.5. The quantitative estimate of drug-likeness (QED) is 0.642. The summed E-state index contributed by atoms with van der Waals surface area (Å²) in [4.78, 5) is 0. The summed E-state index contributed by atoms with van der Waals surface area (Å²) in [5, 5.41) is 20.9. The first kappa shape index (κ1) is 22.2. The number of hydrogen-bond donors (Lipinski definition) is 2. The Morgan fingerprint density at radius 1 is 0.607 bits per heavy atom. The van der Waals surface area contributed by atoms with Gasteiger partial charge in [0.2, 0.25) is 0 Å². The van der Waals surface area contributed by atoms with Crippen molar-refractivity contribution in [3.8, 4) is 11.5 Å². The van der Waals surface area contributed by atoms with Crippen molar-refractivity contribution in [3.63, 3.8) is 0 Å². The van der Waals surface area contributed by atoms with Gasteiger partial charge in [-0.2, -0.15) is 0 Å². The van der Waals surface area contributed by atoms with Gasteiger partial charge in [-0.3, -0.25) is 0 Å². The number of rotatable bonds is 10. The molecule has 0 bridgehead atoms. The van der Waals surface area contributed by atoms with Gasteiger partial charge in [0.25, 0.3) is 0 Å². The average Bonchev–Trinajstić information content (AvgIpc) is 2.68. The van der Waals surface area contributed by atoms with Crippen LogP contribution >= 0.6 is 0 Å². The van der Waals surface area contributed by atoms with E-state index in [4.69, 9.17) is 18.9 Å². The van der Waals surface area contributed by atoms with Crippen molar-refractivity contribution in [2.45, 2.75) is 39.3 Å². The van der Waals surface area contributed by atoms with Gasteiger partial charge in [-0.1, -0.05) is 6.92 Å². The van der Waals surface area contributed by atoms with Crippen molar-refractivity contribution >= 4 is 0 Å². The minimum Gasteiger partial charge on any atom is -0.507 e. The lowest BCUT2D eigenvalue weighted by Gasteiger charge is -2.20. The molecule has 2 aromatic carbocycles. The molecule has 0 saturated carbocycles. The van der Waals surface area contributed by atoms with E-state index in [1.807, 2.05) is 24.3 Å². The van der Waals surface area contributed by atoms with Gasteiger partial charge < -0.3 is 29.2 Å². The Hall–Kier alpha value is -2.12. The number of methoxy groups -OCH3 is 4. The fourth-order valence-corrected chi connectivity index (χ4v) is 3.33. The van der Waals surface area contributed by atoms with E-state index in [0.717, 1.165) is 11.1 Å². The van der Waals surface area contributed by atoms with E-state index in [0.29, 0.717) is 48.7 Å². The highest BCUT2D eigenvalue weighted by Gasteiger charge is 2.18. The zero-order chi connectivity index (χ0) is 20.7. The molecule has 28 heavy (non-hydrogen) atoms. The van der Waals surface area contributed by atoms with Crippen molar-refractivity contribution in [1.29, 1.82) is 0 Å². The summed E-state index contributed by atoms with van der Waals surface area (Å²) < 4.78 is 20.9. The van der Waals surface area contributed by atoms with Crippen LogP contribution in [0.25, 0.3) is 0 Å². The van der Waals surface area contributed by atoms with Crippen molar-refractivity contribution in [3.05, 3.63) is 57.6 Å². The predicted octanol–water partition coefficient (Wildman–Crippen LogP) is 3.84. The number of aromatic hydroxyl groups is 2. The molecule has 0 atom stereocenters. The Balaban J connectivity index is 2.53. The maximum Gasteiger partial charge on any atom is 0.126 e. The number of benzene rings is 2. The Morgan fingerprint density at radius 3 is 1.07 bits per heavy atom. The van der Waals surface area contributed by atoms with E-state index in [-0.39, 0.29) is 17.4 Å². The Kier molecular flexibility index (Phi) is 8.26. The number of phenols is 2. The van der Waals surface area contributed by atoms with Crippen LogP contribution in [0.5, 0.6) is 11.5 Å². The van der Waals surface area contributed by atoms with Crippen LogP contribution < -0.4 is 0 Å². The fourth-order valence-electron chi connectivity index (χ4n) is 3.33. The SMILES string of the molecule is COCc1cc(C(C)c2cc(COC)c(O)c(COC)c2)cc(COC)c1O. The predicted molar refractivity (Wildman–Crippen MR) is 107 cm³/mol. The molecule has 2 aromatic rings. The average molecular weight is 390 g/mol. The lowest BCUT2D eigenvalue weighted by atomic mass is 9.88. The van der Waals surface area contributed by atoms with Gasteiger partial charge in [-0.15, -0.1) is 0 Å². The van der Waals surface area contributed by atoms with E-state index in [1.54, 1.807) is 28.4 Å². The van der Waals surface area contributed by atoms with E-state index in [1.165, 1.54) is 0 Å². The maximum atomic E-state index is 10.5. The molecule has 0 unspecified atom stereocenters. The topological polar surface area (TPSA) is 77.4 Å². The van der Waals surface area contributed by atoms with Crippen LogP contribution in [0.3, 0.4) is 0 Å². The standard InChI is InChI=1S/C22H30O6/c1-14(15-6-17(10-25-2)21(23)18(7-15)11-26-3)16-8-19(12-27-4)22(24)20(9-16)13-28-5/h6-9,14,23-24H,10-13H2,1-5H3. The summed E-state index contributed by atoms with van der Waals surface area (Å²) >= 11 is 0. The van der Waals surface area contributed by atoms with Gasteiger partial charge in [0.15, 0.2) is 0 Å². The second-order valence-electron chi connectivity index (χ2n) is 6.83. The molecule has 0 amide bonds. The summed E-state index contributed by atoms with van der Waals surface area (Å²) in [6, 6.07) is 7.78. The van der Waals surface area contributed by atoms with Crippen molar-refractivity contribution in [1.82, 2.24) is 0 Å². The summed E-state index contributed by atoms with van der Waals surface area (Å²) in [7, 11) is 6.39. The van der Waals surface area contributed by atoms with Gasteiger partial charge in [-0.05, 0) is 35.4 Å². The van der Waals surface area contributed by atoms with Crippen LogP contribution in [0.4, 0.5) is 0 Å². The van der Waals surface area contributed by atoms with E-state index < -0.39 is 0 Å². The molecule has 0 aliphatic heterocycles. The molecule has 0 spiro atoms. The molecule has 0 heterocycles. The molecule has 0 aromatic heterocycles. The summed E-state index contributed by atoms with van der Waals surface area (Å²) in [6.45, 7) is 3.31. The van der Waals surface area contributed by atoms with Crippen LogP contribution in [-0.2, 0) is 45.4 Å². The normalized spacial score (nSPS) is 11.4. The highest BCUT2D eigenvalue weighted by atomic mass is 16.5. The van der Waals surface area contributed by atoms with Crippen molar-refractivity contribution < 1.29 is 29.2 Å². The lowest BCUT2D eigenvalue weighted by molar-refractivity contribution is 0.174. The second kappa shape index (κ2) is 10.4. The molecule has 0 saturated heterocycles. The van der Waals surface area contributed by atoms with E-state index in [2.05, 4.69) is 6.92 Å². The minimum absolute atomic E-state index is 0.0126. The van der Waals surface area contributed by atoms with Gasteiger partial charge in [0.05, 0.1) is 26.4 Å².